The zero-order chi connectivity index (χ0) is 33.8. The summed E-state index contributed by atoms with van der Waals surface area (Å²) in [5, 5.41) is 0. The zero-order valence-electron chi connectivity index (χ0n) is 30.6. The highest BCUT2D eigenvalue weighted by molar-refractivity contribution is 5.78. The molecule has 0 bridgehead atoms. The van der Waals surface area contributed by atoms with E-state index in [0.717, 1.165) is 64.2 Å². The Morgan fingerprint density at radius 2 is 1.06 bits per heavy atom. The van der Waals surface area contributed by atoms with E-state index < -0.39 is 10.8 Å². The highest BCUT2D eigenvalue weighted by Gasteiger charge is 2.57. The number of carbonyl (C=O) groups is 2. The van der Waals surface area contributed by atoms with E-state index in [1.807, 2.05) is 0 Å². The van der Waals surface area contributed by atoms with Crippen LogP contribution >= 0.6 is 0 Å². The van der Waals surface area contributed by atoms with Crippen molar-refractivity contribution >= 4 is 11.9 Å². The molecule has 4 heteroatoms. The van der Waals surface area contributed by atoms with Crippen molar-refractivity contribution in [2.24, 2.45) is 22.7 Å². The largest absolute Gasteiger partial charge is 0.465 e. The number of carbonyl (C=O) groups excluding carboxylic acids is 2. The standard InChI is InChI=1S/C43H60O4/c1-28(2)30-12-16-34-32(26-30)14-18-36-40(34,5)20-9-22-42(36,7)38(44)46-24-11-25-47-39(45)43(8)23-10-21-41(6)35-17-13-31(29(3)4)27-33(35)15-19-37(41)43/h12-13,16-17,26-29,36-37H,9-11,14-15,18-25H2,1-8H3. The van der Waals surface area contributed by atoms with Crippen LogP contribution in [0.4, 0.5) is 0 Å². The van der Waals surface area contributed by atoms with Gasteiger partial charge in [0.15, 0.2) is 0 Å². The number of rotatable bonds is 8. The Morgan fingerprint density at radius 3 is 1.45 bits per heavy atom. The molecule has 0 amide bonds. The highest BCUT2D eigenvalue weighted by atomic mass is 16.5. The lowest BCUT2D eigenvalue weighted by Gasteiger charge is -2.54. The van der Waals surface area contributed by atoms with Crippen LogP contribution < -0.4 is 0 Å². The van der Waals surface area contributed by atoms with Crippen LogP contribution in [0.5, 0.6) is 0 Å². The average Bonchev–Trinajstić information content (AvgIpc) is 3.03. The first-order valence-corrected chi connectivity index (χ1v) is 18.8. The molecule has 256 valence electrons. The Bertz CT molecular complexity index is 1390. The first kappa shape index (κ1) is 34.3. The van der Waals surface area contributed by atoms with Crippen molar-refractivity contribution in [2.75, 3.05) is 13.2 Å². The van der Waals surface area contributed by atoms with Gasteiger partial charge in [-0.05, 0) is 133 Å². The number of aryl methyl sites for hydroxylation is 2. The Labute approximate surface area is 284 Å². The fraction of sp³-hybridized carbons (Fsp3) is 0.674. The molecule has 0 aliphatic heterocycles. The Balaban J connectivity index is 1.05. The molecule has 0 N–H and O–H groups in total. The predicted octanol–water partition coefficient (Wildman–Crippen LogP) is 10.1. The molecule has 2 fully saturated rings. The van der Waals surface area contributed by atoms with Crippen molar-refractivity contribution in [1.29, 1.82) is 0 Å². The third-order valence-corrected chi connectivity index (χ3v) is 13.8. The minimum atomic E-state index is -0.495. The first-order valence-electron chi connectivity index (χ1n) is 18.8. The number of hydrogen-bond donors (Lipinski definition) is 0. The number of fused-ring (bicyclic) bond motifs is 6. The van der Waals surface area contributed by atoms with E-state index in [9.17, 15) is 9.59 Å². The summed E-state index contributed by atoms with van der Waals surface area (Å²) >= 11 is 0. The van der Waals surface area contributed by atoms with Crippen LogP contribution in [0.3, 0.4) is 0 Å². The van der Waals surface area contributed by atoms with E-state index in [-0.39, 0.29) is 34.6 Å². The lowest BCUT2D eigenvalue weighted by molar-refractivity contribution is -0.167. The van der Waals surface area contributed by atoms with Gasteiger partial charge in [0.2, 0.25) is 0 Å². The van der Waals surface area contributed by atoms with Crippen LogP contribution in [0, 0.1) is 22.7 Å². The van der Waals surface area contributed by atoms with Gasteiger partial charge < -0.3 is 9.47 Å². The van der Waals surface area contributed by atoms with Crippen LogP contribution in [0.1, 0.15) is 158 Å². The zero-order valence-corrected chi connectivity index (χ0v) is 30.6. The minimum Gasteiger partial charge on any atom is -0.465 e. The maximum absolute atomic E-state index is 13.8. The Morgan fingerprint density at radius 1 is 0.660 bits per heavy atom. The summed E-state index contributed by atoms with van der Waals surface area (Å²) in [6.45, 7) is 18.7. The molecular formula is C43H60O4. The van der Waals surface area contributed by atoms with E-state index in [1.54, 1.807) is 0 Å². The van der Waals surface area contributed by atoms with Crippen LogP contribution in [0.25, 0.3) is 0 Å². The lowest BCUT2D eigenvalue weighted by Crippen LogP contribution is -2.53. The molecule has 0 saturated heterocycles. The predicted molar refractivity (Wildman–Crippen MR) is 190 cm³/mol. The topological polar surface area (TPSA) is 52.6 Å². The Hall–Kier alpha value is -2.62. The van der Waals surface area contributed by atoms with E-state index in [0.29, 0.717) is 31.5 Å². The summed E-state index contributed by atoms with van der Waals surface area (Å²) in [6.07, 6.45) is 10.7. The fourth-order valence-corrected chi connectivity index (χ4v) is 10.9. The van der Waals surface area contributed by atoms with Gasteiger partial charge in [-0.15, -0.1) is 0 Å². The third-order valence-electron chi connectivity index (χ3n) is 13.8. The molecule has 0 aromatic heterocycles. The number of benzene rings is 2. The molecule has 4 nitrogen and oxygen atoms in total. The van der Waals surface area contributed by atoms with Crippen molar-refractivity contribution in [3.05, 3.63) is 69.8 Å². The van der Waals surface area contributed by atoms with E-state index >= 15 is 0 Å². The van der Waals surface area contributed by atoms with Gasteiger partial charge in [0.1, 0.15) is 0 Å². The minimum absolute atomic E-state index is 0.00900. The van der Waals surface area contributed by atoms with Crippen molar-refractivity contribution in [2.45, 2.75) is 149 Å². The molecule has 4 aliphatic carbocycles. The van der Waals surface area contributed by atoms with Crippen molar-refractivity contribution in [3.63, 3.8) is 0 Å². The molecule has 0 spiro atoms. The van der Waals surface area contributed by atoms with Gasteiger partial charge in [-0.25, -0.2) is 0 Å². The van der Waals surface area contributed by atoms with Crippen LogP contribution in [0.15, 0.2) is 36.4 Å². The molecule has 47 heavy (non-hydrogen) atoms. The highest BCUT2D eigenvalue weighted by Crippen LogP contribution is 2.59. The fourth-order valence-electron chi connectivity index (χ4n) is 10.9. The molecule has 6 atom stereocenters. The van der Waals surface area contributed by atoms with Crippen LogP contribution in [0.2, 0.25) is 0 Å². The summed E-state index contributed by atoms with van der Waals surface area (Å²) in [7, 11) is 0. The van der Waals surface area contributed by atoms with Crippen LogP contribution in [-0.4, -0.2) is 25.2 Å². The normalized spacial score (nSPS) is 33.0. The molecule has 2 aromatic rings. The van der Waals surface area contributed by atoms with Gasteiger partial charge >= 0.3 is 11.9 Å². The first-order chi connectivity index (χ1) is 22.2. The Kier molecular flexibility index (Phi) is 9.24. The molecule has 6 unspecified atom stereocenters. The van der Waals surface area contributed by atoms with Crippen molar-refractivity contribution in [3.8, 4) is 0 Å². The quantitative estimate of drug-likeness (QED) is 0.213. The van der Waals surface area contributed by atoms with Crippen molar-refractivity contribution < 1.29 is 19.1 Å². The number of ether oxygens (including phenoxy) is 2. The van der Waals surface area contributed by atoms with E-state index in [1.165, 1.54) is 33.4 Å². The molecule has 2 aromatic carbocycles. The molecular weight excluding hydrogens is 580 g/mol. The summed E-state index contributed by atoms with van der Waals surface area (Å²) in [5.74, 6) is 1.43. The maximum atomic E-state index is 13.8. The van der Waals surface area contributed by atoms with Gasteiger partial charge in [0.25, 0.3) is 0 Å². The molecule has 0 heterocycles. The molecule has 4 aliphatic rings. The lowest BCUT2D eigenvalue weighted by atomic mass is 9.49. The summed E-state index contributed by atoms with van der Waals surface area (Å²) in [5.41, 5.74) is 7.63. The second-order valence-corrected chi connectivity index (χ2v) is 17.3. The van der Waals surface area contributed by atoms with Gasteiger partial charge in [0, 0.05) is 6.42 Å². The van der Waals surface area contributed by atoms with Crippen LogP contribution in [-0.2, 0) is 42.7 Å². The molecule has 6 rings (SSSR count). The SMILES string of the molecule is CC(C)c1ccc2c(c1)CCC1C(C)(C(=O)OCCCOC(=O)C3(C)CCCC4(C)c5ccc(C(C)C)cc5CCC34)CCCC21C. The van der Waals surface area contributed by atoms with Gasteiger partial charge in [0.05, 0.1) is 24.0 Å². The summed E-state index contributed by atoms with van der Waals surface area (Å²) in [6, 6.07) is 14.1. The van der Waals surface area contributed by atoms with E-state index in [2.05, 4.69) is 91.8 Å². The van der Waals surface area contributed by atoms with Gasteiger partial charge in [-0.1, -0.05) is 90.8 Å². The average molecular weight is 641 g/mol. The van der Waals surface area contributed by atoms with Gasteiger partial charge in [-0.2, -0.15) is 0 Å². The molecule has 2 saturated carbocycles. The number of hydrogen-bond acceptors (Lipinski definition) is 4. The number of esters is 2. The van der Waals surface area contributed by atoms with Gasteiger partial charge in [-0.3, -0.25) is 9.59 Å². The second-order valence-electron chi connectivity index (χ2n) is 17.3. The monoisotopic (exact) mass is 640 g/mol. The third kappa shape index (κ3) is 5.78. The summed E-state index contributed by atoms with van der Waals surface area (Å²) in [4.78, 5) is 27.6. The maximum Gasteiger partial charge on any atom is 0.312 e. The van der Waals surface area contributed by atoms with Crippen molar-refractivity contribution in [1.82, 2.24) is 0 Å². The smallest absolute Gasteiger partial charge is 0.312 e. The molecule has 0 radical (unpaired) electrons. The van der Waals surface area contributed by atoms with E-state index in [4.69, 9.17) is 9.47 Å². The summed E-state index contributed by atoms with van der Waals surface area (Å²) < 4.78 is 12.0. The second kappa shape index (κ2) is 12.7.